The zero-order valence-corrected chi connectivity index (χ0v) is 11.9. The molecule has 0 atom stereocenters. The Kier molecular flexibility index (Phi) is 4.97. The number of benzene rings is 2. The first-order valence-electron chi connectivity index (χ1n) is 6.29. The van der Waals surface area contributed by atoms with E-state index in [-0.39, 0.29) is 0 Å². The second kappa shape index (κ2) is 6.92. The number of rotatable bonds is 5. The number of ether oxygens (including phenoxy) is 1. The molecule has 0 aliphatic heterocycles. The van der Waals surface area contributed by atoms with Gasteiger partial charge in [-0.3, -0.25) is 4.79 Å². The van der Waals surface area contributed by atoms with Gasteiger partial charge < -0.3 is 4.74 Å². The number of hydrogen-bond acceptors (Lipinski definition) is 2. The van der Waals surface area contributed by atoms with Crippen molar-refractivity contribution in [3.05, 3.63) is 71.3 Å². The summed E-state index contributed by atoms with van der Waals surface area (Å²) in [7, 11) is 0. The fourth-order valence-electron chi connectivity index (χ4n) is 1.69. The van der Waals surface area contributed by atoms with Crippen LogP contribution in [0.25, 0.3) is 6.08 Å². The van der Waals surface area contributed by atoms with Crippen molar-refractivity contribution < 1.29 is 9.53 Å². The van der Waals surface area contributed by atoms with Gasteiger partial charge in [-0.2, -0.15) is 0 Å². The van der Waals surface area contributed by atoms with E-state index in [1.807, 2.05) is 24.3 Å². The molecule has 3 heteroatoms. The quantitative estimate of drug-likeness (QED) is 0.603. The van der Waals surface area contributed by atoms with E-state index in [0.29, 0.717) is 6.61 Å². The molecule has 0 amide bonds. The Labute approximate surface area is 123 Å². The Balaban J connectivity index is 1.93. The molecule has 0 aliphatic carbocycles. The first-order chi connectivity index (χ1) is 9.63. The molecule has 0 radical (unpaired) electrons. The van der Waals surface area contributed by atoms with Gasteiger partial charge in [0.05, 0.1) is 0 Å². The fraction of sp³-hybridized carbons (Fsp3) is 0.118. The monoisotopic (exact) mass is 286 g/mol. The first kappa shape index (κ1) is 14.4. The summed E-state index contributed by atoms with van der Waals surface area (Å²) >= 11 is 5.24. The first-order valence-corrected chi connectivity index (χ1v) is 6.67. The molecular weight excluding hydrogens is 272 g/mol. The van der Waals surface area contributed by atoms with E-state index in [0.717, 1.165) is 16.9 Å². The normalized spacial score (nSPS) is 10.7. The molecule has 0 saturated heterocycles. The largest absolute Gasteiger partial charge is 0.489 e. The van der Waals surface area contributed by atoms with Gasteiger partial charge >= 0.3 is 0 Å². The van der Waals surface area contributed by atoms with Crippen LogP contribution in [0.3, 0.4) is 0 Å². The van der Waals surface area contributed by atoms with E-state index in [2.05, 4.69) is 31.2 Å². The molecule has 2 nitrogen and oxygen atoms in total. The summed E-state index contributed by atoms with van der Waals surface area (Å²) in [5.41, 5.74) is 3.27. The Hall–Kier alpha value is -2.06. The maximum atomic E-state index is 10.6. The smallest absolute Gasteiger partial charge is 0.245 e. The maximum absolute atomic E-state index is 10.6. The van der Waals surface area contributed by atoms with E-state index < -0.39 is 5.24 Å². The van der Waals surface area contributed by atoms with Crippen LogP contribution in [0.15, 0.2) is 54.6 Å². The maximum Gasteiger partial charge on any atom is 0.245 e. The highest BCUT2D eigenvalue weighted by Crippen LogP contribution is 2.15. The lowest BCUT2D eigenvalue weighted by Crippen LogP contribution is -1.95. The van der Waals surface area contributed by atoms with E-state index in [4.69, 9.17) is 16.3 Å². The summed E-state index contributed by atoms with van der Waals surface area (Å²) < 4.78 is 5.70. The van der Waals surface area contributed by atoms with Crippen LogP contribution in [-0.2, 0) is 11.4 Å². The molecule has 0 fully saturated rings. The van der Waals surface area contributed by atoms with Crippen molar-refractivity contribution >= 4 is 22.9 Å². The Morgan fingerprint density at radius 2 is 1.75 bits per heavy atom. The minimum atomic E-state index is -0.482. The van der Waals surface area contributed by atoms with E-state index in [9.17, 15) is 4.79 Å². The van der Waals surface area contributed by atoms with Gasteiger partial charge in [-0.25, -0.2) is 0 Å². The van der Waals surface area contributed by atoms with Crippen molar-refractivity contribution in [2.75, 3.05) is 0 Å². The van der Waals surface area contributed by atoms with Crippen LogP contribution >= 0.6 is 11.6 Å². The summed E-state index contributed by atoms with van der Waals surface area (Å²) in [4.78, 5) is 10.6. The average molecular weight is 287 g/mol. The molecule has 0 spiro atoms. The molecule has 2 rings (SSSR count). The standard InChI is InChI=1S/C17H15ClO2/c1-13-2-4-15(5-3-13)12-20-16-9-6-14(7-10-16)8-11-17(18)19/h2-11H,12H2,1H3/b11-8+. The molecule has 0 N–H and O–H groups in total. The van der Waals surface area contributed by atoms with Crippen molar-refractivity contribution in [1.29, 1.82) is 0 Å². The summed E-state index contributed by atoms with van der Waals surface area (Å²) in [6.07, 6.45) is 2.99. The lowest BCUT2D eigenvalue weighted by molar-refractivity contribution is -0.107. The molecule has 2 aromatic rings. The van der Waals surface area contributed by atoms with Gasteiger partial charge in [0.15, 0.2) is 0 Å². The van der Waals surface area contributed by atoms with Crippen molar-refractivity contribution in [2.24, 2.45) is 0 Å². The van der Waals surface area contributed by atoms with Gasteiger partial charge in [0.25, 0.3) is 0 Å². The van der Waals surface area contributed by atoms with Crippen LogP contribution < -0.4 is 4.74 Å². The highest BCUT2D eigenvalue weighted by molar-refractivity contribution is 6.66. The molecule has 102 valence electrons. The highest BCUT2D eigenvalue weighted by Gasteiger charge is 1.96. The Morgan fingerprint density at radius 3 is 2.35 bits per heavy atom. The van der Waals surface area contributed by atoms with Crippen molar-refractivity contribution in [3.8, 4) is 5.75 Å². The molecule has 20 heavy (non-hydrogen) atoms. The van der Waals surface area contributed by atoms with E-state index in [1.54, 1.807) is 6.08 Å². The SMILES string of the molecule is Cc1ccc(COc2ccc(/C=C/C(=O)Cl)cc2)cc1. The topological polar surface area (TPSA) is 26.3 Å². The average Bonchev–Trinajstić information content (AvgIpc) is 2.45. The minimum Gasteiger partial charge on any atom is -0.489 e. The van der Waals surface area contributed by atoms with Gasteiger partial charge in [0.1, 0.15) is 12.4 Å². The lowest BCUT2D eigenvalue weighted by Gasteiger charge is -2.06. The molecule has 2 aromatic carbocycles. The van der Waals surface area contributed by atoms with Gasteiger partial charge in [-0.05, 0) is 47.9 Å². The van der Waals surface area contributed by atoms with E-state index >= 15 is 0 Å². The van der Waals surface area contributed by atoms with Gasteiger partial charge in [0, 0.05) is 0 Å². The lowest BCUT2D eigenvalue weighted by atomic mass is 10.2. The van der Waals surface area contributed by atoms with Crippen LogP contribution in [0.2, 0.25) is 0 Å². The molecule has 0 unspecified atom stereocenters. The Bertz CT molecular complexity index is 598. The van der Waals surface area contributed by atoms with Gasteiger partial charge in [-0.1, -0.05) is 48.0 Å². The molecule has 0 aliphatic rings. The molecule has 0 bridgehead atoms. The third kappa shape index (κ3) is 4.56. The second-order valence-corrected chi connectivity index (χ2v) is 4.85. The van der Waals surface area contributed by atoms with Crippen LogP contribution in [0.4, 0.5) is 0 Å². The van der Waals surface area contributed by atoms with Crippen molar-refractivity contribution in [1.82, 2.24) is 0 Å². The fourth-order valence-corrected chi connectivity index (χ4v) is 1.75. The van der Waals surface area contributed by atoms with Gasteiger partial charge in [-0.15, -0.1) is 0 Å². The minimum absolute atomic E-state index is 0.482. The number of allylic oxidation sites excluding steroid dienone is 1. The third-order valence-electron chi connectivity index (χ3n) is 2.81. The predicted molar refractivity (Wildman–Crippen MR) is 81.8 cm³/mol. The second-order valence-electron chi connectivity index (χ2n) is 4.48. The number of aryl methyl sites for hydroxylation is 1. The molecule has 0 aromatic heterocycles. The molecule has 0 heterocycles. The Morgan fingerprint density at radius 1 is 1.10 bits per heavy atom. The van der Waals surface area contributed by atoms with Crippen LogP contribution in [-0.4, -0.2) is 5.24 Å². The summed E-state index contributed by atoms with van der Waals surface area (Å²) in [5.74, 6) is 0.792. The van der Waals surface area contributed by atoms with Gasteiger partial charge in [0.2, 0.25) is 5.24 Å². The van der Waals surface area contributed by atoms with Crippen molar-refractivity contribution in [3.63, 3.8) is 0 Å². The van der Waals surface area contributed by atoms with Crippen molar-refractivity contribution in [2.45, 2.75) is 13.5 Å². The predicted octanol–water partition coefficient (Wildman–Crippen LogP) is 4.35. The number of hydrogen-bond donors (Lipinski definition) is 0. The van der Waals surface area contributed by atoms with E-state index in [1.165, 1.54) is 11.6 Å². The third-order valence-corrected chi connectivity index (χ3v) is 2.94. The highest BCUT2D eigenvalue weighted by atomic mass is 35.5. The summed E-state index contributed by atoms with van der Waals surface area (Å²) in [6, 6.07) is 15.7. The number of carbonyl (C=O) groups excluding carboxylic acids is 1. The van der Waals surface area contributed by atoms with Crippen LogP contribution in [0, 0.1) is 6.92 Å². The summed E-state index contributed by atoms with van der Waals surface area (Å²) in [5, 5.41) is -0.482. The van der Waals surface area contributed by atoms with Crippen LogP contribution in [0.1, 0.15) is 16.7 Å². The van der Waals surface area contributed by atoms with Crippen LogP contribution in [0.5, 0.6) is 5.75 Å². The molecule has 0 saturated carbocycles. The zero-order chi connectivity index (χ0) is 14.4. The zero-order valence-electron chi connectivity index (χ0n) is 11.2. The molecular formula is C17H15ClO2. The number of halogens is 1. The summed E-state index contributed by atoms with van der Waals surface area (Å²) in [6.45, 7) is 2.60. The number of carbonyl (C=O) groups is 1.